The average Bonchev–Trinajstić information content (AvgIpc) is 2.76. The van der Waals surface area contributed by atoms with Crippen LogP contribution in [0.4, 0.5) is 10.1 Å². The van der Waals surface area contributed by atoms with E-state index in [4.69, 9.17) is 11.6 Å². The first-order valence-corrected chi connectivity index (χ1v) is 10.6. The predicted octanol–water partition coefficient (Wildman–Crippen LogP) is 3.18. The Morgan fingerprint density at radius 2 is 1.87 bits per heavy atom. The zero-order chi connectivity index (χ0) is 22.1. The van der Waals surface area contributed by atoms with Gasteiger partial charge in [-0.15, -0.1) is 0 Å². The molecule has 0 radical (unpaired) electrons. The first-order valence-electron chi connectivity index (χ1n) is 10.2. The number of aryl methyl sites for hydroxylation is 1. The van der Waals surface area contributed by atoms with Crippen LogP contribution in [-0.2, 0) is 11.2 Å². The largest absolute Gasteiger partial charge is 0.338 e. The highest BCUT2D eigenvalue weighted by Crippen LogP contribution is 2.24. The highest BCUT2D eigenvalue weighted by Gasteiger charge is 2.30. The van der Waals surface area contributed by atoms with E-state index in [2.05, 4.69) is 10.3 Å². The molecule has 0 saturated carbocycles. The first kappa shape index (κ1) is 21.2. The monoisotopic (exact) mass is 445 g/mol. The predicted molar refractivity (Wildman–Crippen MR) is 113 cm³/mol. The van der Waals surface area contributed by atoms with Crippen molar-refractivity contribution in [2.24, 2.45) is 5.92 Å². The Morgan fingerprint density at radius 3 is 2.58 bits per heavy atom. The van der Waals surface area contributed by atoms with Gasteiger partial charge in [0.25, 0.3) is 11.5 Å². The van der Waals surface area contributed by atoms with Crippen LogP contribution in [0.5, 0.6) is 0 Å². The number of H-pyrrole nitrogens is 1. The molecular weight excluding hydrogens is 425 g/mol. The van der Waals surface area contributed by atoms with Crippen LogP contribution < -0.4 is 10.9 Å². The van der Waals surface area contributed by atoms with Gasteiger partial charge < -0.3 is 15.2 Å². The number of hydrogen-bond acceptors (Lipinski definition) is 4. The Morgan fingerprint density at radius 1 is 1.13 bits per heavy atom. The summed E-state index contributed by atoms with van der Waals surface area (Å²) in [6, 6.07) is 5.37. The number of aromatic amines is 1. The van der Waals surface area contributed by atoms with Crippen LogP contribution in [0.15, 0.2) is 29.1 Å². The van der Waals surface area contributed by atoms with Crippen molar-refractivity contribution < 1.29 is 18.8 Å². The fourth-order valence-corrected chi connectivity index (χ4v) is 4.25. The van der Waals surface area contributed by atoms with Crippen molar-refractivity contribution in [2.45, 2.75) is 32.1 Å². The van der Waals surface area contributed by atoms with Crippen molar-refractivity contribution in [2.75, 3.05) is 18.4 Å². The molecule has 162 valence electrons. The van der Waals surface area contributed by atoms with Crippen LogP contribution in [0.1, 0.15) is 52.1 Å². The zero-order valence-corrected chi connectivity index (χ0v) is 17.4. The minimum atomic E-state index is -0.564. The molecule has 31 heavy (non-hydrogen) atoms. The molecule has 2 amide bonds. The number of nitrogens with one attached hydrogen (secondary N) is 2. The minimum absolute atomic E-state index is 0.0437. The molecule has 1 saturated heterocycles. The summed E-state index contributed by atoms with van der Waals surface area (Å²) in [7, 11) is 0. The van der Waals surface area contributed by atoms with Gasteiger partial charge in [0, 0.05) is 42.4 Å². The SMILES string of the molecule is O=C1CCCc2[nH]c(=O)c(C(=O)N3CCC(C(=O)Nc4ccc(F)c(Cl)c4)CC3)cc21. The van der Waals surface area contributed by atoms with Gasteiger partial charge in [-0.1, -0.05) is 11.6 Å². The Hall–Kier alpha value is -3.00. The maximum absolute atomic E-state index is 13.3. The number of nitrogens with zero attached hydrogens (tertiary/aromatic N) is 1. The maximum Gasteiger partial charge on any atom is 0.261 e. The number of anilines is 1. The second-order valence-corrected chi connectivity index (χ2v) is 8.27. The van der Waals surface area contributed by atoms with E-state index in [-0.39, 0.29) is 28.2 Å². The van der Waals surface area contributed by atoms with Gasteiger partial charge in [0.1, 0.15) is 11.4 Å². The fraction of sp³-hybridized carbons (Fsp3) is 0.364. The molecule has 4 rings (SSSR count). The second kappa shape index (κ2) is 8.63. The Labute approximate surface area is 182 Å². The van der Waals surface area contributed by atoms with E-state index in [0.29, 0.717) is 62.1 Å². The lowest BCUT2D eigenvalue weighted by molar-refractivity contribution is -0.121. The van der Waals surface area contributed by atoms with Gasteiger partial charge in [0.2, 0.25) is 5.91 Å². The van der Waals surface area contributed by atoms with E-state index >= 15 is 0 Å². The van der Waals surface area contributed by atoms with Crippen LogP contribution in [0.25, 0.3) is 0 Å². The quantitative estimate of drug-likeness (QED) is 0.757. The molecular formula is C22H21ClFN3O4. The highest BCUT2D eigenvalue weighted by atomic mass is 35.5. The summed E-state index contributed by atoms with van der Waals surface area (Å²) in [5, 5.41) is 2.64. The number of amides is 2. The molecule has 1 aromatic carbocycles. The number of carbonyl (C=O) groups is 3. The van der Waals surface area contributed by atoms with Crippen LogP contribution >= 0.6 is 11.6 Å². The van der Waals surface area contributed by atoms with Gasteiger partial charge in [-0.25, -0.2) is 4.39 Å². The van der Waals surface area contributed by atoms with Crippen LogP contribution in [-0.4, -0.2) is 40.6 Å². The Balaban J connectivity index is 1.40. The van der Waals surface area contributed by atoms with Gasteiger partial charge in [-0.3, -0.25) is 19.2 Å². The van der Waals surface area contributed by atoms with Gasteiger partial charge in [-0.05, 0) is 49.9 Å². The van der Waals surface area contributed by atoms with Gasteiger partial charge in [0.05, 0.1) is 5.02 Å². The lowest BCUT2D eigenvalue weighted by Gasteiger charge is -2.31. The molecule has 0 bridgehead atoms. The van der Waals surface area contributed by atoms with E-state index in [1.54, 1.807) is 0 Å². The molecule has 1 aromatic heterocycles. The summed E-state index contributed by atoms with van der Waals surface area (Å²) in [4.78, 5) is 54.2. The van der Waals surface area contributed by atoms with Crippen molar-refractivity contribution in [1.82, 2.24) is 9.88 Å². The number of hydrogen-bond donors (Lipinski definition) is 2. The second-order valence-electron chi connectivity index (χ2n) is 7.87. The van der Waals surface area contributed by atoms with E-state index in [1.165, 1.54) is 29.2 Å². The molecule has 1 aliphatic heterocycles. The summed E-state index contributed by atoms with van der Waals surface area (Å²) in [5.74, 6) is -1.62. The summed E-state index contributed by atoms with van der Waals surface area (Å²) in [6.45, 7) is 0.622. The molecule has 2 N–H and O–H groups in total. The topological polar surface area (TPSA) is 99.3 Å². The number of likely N-dealkylation sites (tertiary alicyclic amines) is 1. The highest BCUT2D eigenvalue weighted by molar-refractivity contribution is 6.31. The number of ketones is 1. The third-order valence-corrected chi connectivity index (χ3v) is 6.11. The number of carbonyl (C=O) groups excluding carboxylic acids is 3. The number of rotatable bonds is 3. The number of piperidine rings is 1. The number of pyridine rings is 1. The molecule has 2 aromatic rings. The van der Waals surface area contributed by atoms with Crippen molar-refractivity contribution in [3.8, 4) is 0 Å². The van der Waals surface area contributed by atoms with Crippen molar-refractivity contribution >= 4 is 34.9 Å². The molecule has 7 nitrogen and oxygen atoms in total. The number of Topliss-reactive ketones (excluding diaryl/α,β-unsaturated/α-hetero) is 1. The minimum Gasteiger partial charge on any atom is -0.338 e. The average molecular weight is 446 g/mol. The van der Waals surface area contributed by atoms with E-state index in [1.807, 2.05) is 0 Å². The smallest absolute Gasteiger partial charge is 0.261 e. The van der Waals surface area contributed by atoms with Crippen molar-refractivity contribution in [3.63, 3.8) is 0 Å². The van der Waals surface area contributed by atoms with Crippen LogP contribution in [0.3, 0.4) is 0 Å². The third kappa shape index (κ3) is 4.39. The van der Waals surface area contributed by atoms with E-state index in [9.17, 15) is 23.6 Å². The number of aromatic nitrogens is 1. The van der Waals surface area contributed by atoms with Gasteiger partial charge in [0.15, 0.2) is 5.78 Å². The lowest BCUT2D eigenvalue weighted by Crippen LogP contribution is -2.43. The molecule has 0 spiro atoms. The Bertz CT molecular complexity index is 1120. The Kier molecular flexibility index (Phi) is 5.91. The standard InChI is InChI=1S/C22H21ClFN3O4/c23-16-10-13(4-5-17(16)24)25-20(29)12-6-8-27(9-7-12)22(31)15-11-14-18(26-21(15)30)2-1-3-19(14)28/h4-5,10-12H,1-3,6-9H2,(H,25,29)(H,26,30). The third-order valence-electron chi connectivity index (χ3n) is 5.82. The molecule has 0 unspecified atom stereocenters. The first-order chi connectivity index (χ1) is 14.8. The van der Waals surface area contributed by atoms with E-state index < -0.39 is 17.3 Å². The van der Waals surface area contributed by atoms with Crippen LogP contribution in [0.2, 0.25) is 5.02 Å². The number of halogens is 2. The zero-order valence-electron chi connectivity index (χ0n) is 16.7. The van der Waals surface area contributed by atoms with E-state index in [0.717, 1.165) is 0 Å². The van der Waals surface area contributed by atoms with Crippen molar-refractivity contribution in [3.05, 3.63) is 62.3 Å². The fourth-order valence-electron chi connectivity index (χ4n) is 4.07. The summed E-state index contributed by atoms with van der Waals surface area (Å²) >= 11 is 5.74. The molecule has 2 heterocycles. The molecule has 2 aliphatic rings. The summed E-state index contributed by atoms with van der Waals surface area (Å²) in [6.07, 6.45) is 2.56. The van der Waals surface area contributed by atoms with Crippen molar-refractivity contribution in [1.29, 1.82) is 0 Å². The number of fused-ring (bicyclic) bond motifs is 1. The molecule has 1 aliphatic carbocycles. The number of benzene rings is 1. The van der Waals surface area contributed by atoms with Gasteiger partial charge >= 0.3 is 0 Å². The summed E-state index contributed by atoms with van der Waals surface area (Å²) in [5.41, 5.74) is 0.875. The maximum atomic E-state index is 13.3. The summed E-state index contributed by atoms with van der Waals surface area (Å²) < 4.78 is 13.3. The normalized spacial score (nSPS) is 16.7. The van der Waals surface area contributed by atoms with Gasteiger partial charge in [-0.2, -0.15) is 0 Å². The van der Waals surface area contributed by atoms with Crippen LogP contribution in [0, 0.1) is 11.7 Å². The lowest BCUT2D eigenvalue weighted by atomic mass is 9.93. The molecule has 1 fully saturated rings. The molecule has 9 heteroatoms. The molecule has 0 atom stereocenters.